The highest BCUT2D eigenvalue weighted by atomic mass is 32.2. The zero-order valence-electron chi connectivity index (χ0n) is 21.6. The van der Waals surface area contributed by atoms with Crippen LogP contribution in [0.1, 0.15) is 47.9 Å². The highest BCUT2D eigenvalue weighted by molar-refractivity contribution is 8.00. The lowest BCUT2D eigenvalue weighted by molar-refractivity contribution is -0.0328. The number of likely N-dealkylation sites (tertiary alicyclic amines) is 1. The molecule has 0 spiro atoms. The number of allylic oxidation sites excluding steroid dienone is 1. The average molecular weight is 557 g/mol. The fourth-order valence-electron chi connectivity index (χ4n) is 5.66. The van der Waals surface area contributed by atoms with Gasteiger partial charge < -0.3 is 15.3 Å². The summed E-state index contributed by atoms with van der Waals surface area (Å²) in [5.41, 5.74) is 2.85. The van der Waals surface area contributed by atoms with E-state index in [0.717, 1.165) is 84.4 Å². The van der Waals surface area contributed by atoms with Crippen molar-refractivity contribution in [2.75, 3.05) is 31.6 Å². The molecule has 1 fully saturated rings. The Morgan fingerprint density at radius 3 is 2.41 bits per heavy atom. The summed E-state index contributed by atoms with van der Waals surface area (Å²) in [6.07, 6.45) is 4.03. The number of halogens is 4. The van der Waals surface area contributed by atoms with E-state index in [9.17, 15) is 22.7 Å². The Hall–Kier alpha value is -2.97. The molecule has 1 heterocycles. The van der Waals surface area contributed by atoms with Gasteiger partial charge >= 0.3 is 5.51 Å². The number of anilines is 1. The van der Waals surface area contributed by atoms with E-state index in [1.54, 1.807) is 18.2 Å². The first kappa shape index (κ1) is 27.6. The molecule has 5 rings (SSSR count). The van der Waals surface area contributed by atoms with Gasteiger partial charge in [0.1, 0.15) is 5.75 Å². The fourth-order valence-corrected chi connectivity index (χ4v) is 6.20. The molecule has 1 aliphatic carbocycles. The van der Waals surface area contributed by atoms with Crippen LogP contribution in [0.15, 0.2) is 71.6 Å². The maximum Gasteiger partial charge on any atom is 0.446 e. The topological polar surface area (TPSA) is 35.5 Å². The second-order valence-electron chi connectivity index (χ2n) is 10.2. The van der Waals surface area contributed by atoms with Crippen LogP contribution in [0, 0.1) is 0 Å². The van der Waals surface area contributed by atoms with Crippen LogP contribution >= 0.6 is 11.8 Å². The smallest absolute Gasteiger partial charge is 0.446 e. The molecule has 1 saturated heterocycles. The lowest BCUT2D eigenvalue weighted by atomic mass is 9.87. The molecule has 0 radical (unpaired) electrons. The maximum absolute atomic E-state index is 12.9. The van der Waals surface area contributed by atoms with Crippen molar-refractivity contribution in [3.05, 3.63) is 89.0 Å². The molecule has 0 aromatic heterocycles. The van der Waals surface area contributed by atoms with Crippen LogP contribution < -0.4 is 5.32 Å². The third-order valence-corrected chi connectivity index (χ3v) is 8.13. The molecule has 206 valence electrons. The van der Waals surface area contributed by atoms with Gasteiger partial charge in [-0.3, -0.25) is 4.39 Å². The van der Waals surface area contributed by atoms with E-state index in [4.69, 9.17) is 0 Å². The van der Waals surface area contributed by atoms with Crippen LogP contribution in [0.25, 0.3) is 11.1 Å². The molecule has 3 aromatic carbocycles. The first-order valence-electron chi connectivity index (χ1n) is 13.4. The van der Waals surface area contributed by atoms with Crippen LogP contribution in [-0.2, 0) is 6.42 Å². The normalized spacial score (nSPS) is 18.2. The van der Waals surface area contributed by atoms with E-state index in [-0.39, 0.29) is 29.1 Å². The van der Waals surface area contributed by atoms with Gasteiger partial charge in [0, 0.05) is 36.3 Å². The van der Waals surface area contributed by atoms with Gasteiger partial charge in [0.05, 0.1) is 6.67 Å². The Bertz CT molecular complexity index is 1310. The number of thioether (sulfide) groups is 1. The fraction of sp³-hybridized carbons (Fsp3) is 0.355. The van der Waals surface area contributed by atoms with Crippen LogP contribution in [0.4, 0.5) is 23.2 Å². The molecule has 0 saturated carbocycles. The average Bonchev–Trinajstić information content (AvgIpc) is 3.26. The molecule has 8 heteroatoms. The Kier molecular flexibility index (Phi) is 8.52. The minimum atomic E-state index is -4.32. The second-order valence-corrected chi connectivity index (χ2v) is 11.3. The van der Waals surface area contributed by atoms with E-state index in [2.05, 4.69) is 34.5 Å². The van der Waals surface area contributed by atoms with Crippen molar-refractivity contribution < 1.29 is 22.7 Å². The largest absolute Gasteiger partial charge is 0.508 e. The number of aryl methyl sites for hydroxylation is 1. The molecule has 2 N–H and O–H groups in total. The molecule has 3 aromatic rings. The number of rotatable bonds is 8. The summed E-state index contributed by atoms with van der Waals surface area (Å²) < 4.78 is 51.2. The molecule has 2 aliphatic rings. The minimum absolute atomic E-state index is 0.105. The SMILES string of the molecule is Oc1ccc2c(c1)CCCC(c1ccc(SC(F)(F)F)cc1)=C2c1ccc(N[C@H]2CCN(CCCF)C2)cc1. The highest BCUT2D eigenvalue weighted by Gasteiger charge is 2.29. The number of hydrogen-bond acceptors (Lipinski definition) is 4. The Balaban J connectivity index is 1.45. The number of fused-ring (bicyclic) bond motifs is 1. The van der Waals surface area contributed by atoms with Gasteiger partial charge in [0.2, 0.25) is 0 Å². The van der Waals surface area contributed by atoms with E-state index >= 15 is 0 Å². The van der Waals surface area contributed by atoms with E-state index in [1.807, 2.05) is 12.1 Å². The summed E-state index contributed by atoms with van der Waals surface area (Å²) in [7, 11) is 0. The van der Waals surface area contributed by atoms with Crippen LogP contribution in [0.2, 0.25) is 0 Å². The van der Waals surface area contributed by atoms with Gasteiger partial charge in [-0.15, -0.1) is 0 Å². The summed E-state index contributed by atoms with van der Waals surface area (Å²) in [5, 5.41) is 13.7. The van der Waals surface area contributed by atoms with Crippen molar-refractivity contribution in [1.82, 2.24) is 4.90 Å². The molecule has 0 bridgehead atoms. The van der Waals surface area contributed by atoms with Crippen molar-refractivity contribution in [3.63, 3.8) is 0 Å². The summed E-state index contributed by atoms with van der Waals surface area (Å²) >= 11 is -0.105. The third-order valence-electron chi connectivity index (χ3n) is 7.39. The molecule has 3 nitrogen and oxygen atoms in total. The summed E-state index contributed by atoms with van der Waals surface area (Å²) in [6.45, 7) is 2.37. The number of phenols is 1. The van der Waals surface area contributed by atoms with Crippen molar-refractivity contribution in [1.29, 1.82) is 0 Å². The van der Waals surface area contributed by atoms with Gasteiger partial charge in [0.15, 0.2) is 0 Å². The number of aromatic hydroxyl groups is 1. The standard InChI is InChI=1S/C31H32F4N2OS/c32-16-2-17-37-18-15-25(20-37)36-24-9-5-22(6-10-24)30-28(4-1-3-23-19-26(38)11-14-29(23)30)21-7-12-27(13-8-21)39-31(33,34)35/h5-14,19,25,36,38H,1-4,15-18,20H2/t25-/m0/s1. The first-order valence-corrected chi connectivity index (χ1v) is 14.2. The zero-order chi connectivity index (χ0) is 27.4. The monoisotopic (exact) mass is 556 g/mol. The molecular weight excluding hydrogens is 524 g/mol. The van der Waals surface area contributed by atoms with Crippen molar-refractivity contribution in [2.24, 2.45) is 0 Å². The molecule has 39 heavy (non-hydrogen) atoms. The maximum atomic E-state index is 12.9. The lowest BCUT2D eigenvalue weighted by Gasteiger charge is -2.19. The first-order chi connectivity index (χ1) is 18.8. The van der Waals surface area contributed by atoms with Crippen LogP contribution in [0.5, 0.6) is 5.75 Å². The van der Waals surface area contributed by atoms with E-state index < -0.39 is 5.51 Å². The highest BCUT2D eigenvalue weighted by Crippen LogP contribution is 2.42. The van der Waals surface area contributed by atoms with Gasteiger partial charge in [0.25, 0.3) is 0 Å². The number of benzene rings is 3. The number of phenolic OH excluding ortho intramolecular Hbond substituents is 1. The number of hydrogen-bond donors (Lipinski definition) is 2. The molecule has 0 amide bonds. The van der Waals surface area contributed by atoms with Gasteiger partial charge in [-0.25, -0.2) is 0 Å². The molecule has 1 aliphatic heterocycles. The second kappa shape index (κ2) is 12.0. The molecule has 0 unspecified atom stereocenters. The summed E-state index contributed by atoms with van der Waals surface area (Å²) in [6, 6.07) is 20.7. The van der Waals surface area contributed by atoms with Crippen molar-refractivity contribution in [3.8, 4) is 5.75 Å². The Morgan fingerprint density at radius 1 is 0.949 bits per heavy atom. The van der Waals surface area contributed by atoms with Gasteiger partial charge in [-0.2, -0.15) is 13.2 Å². The lowest BCUT2D eigenvalue weighted by Crippen LogP contribution is -2.27. The Morgan fingerprint density at radius 2 is 1.69 bits per heavy atom. The number of nitrogens with zero attached hydrogens (tertiary/aromatic N) is 1. The van der Waals surface area contributed by atoms with Crippen LogP contribution in [0.3, 0.4) is 0 Å². The number of nitrogens with one attached hydrogen (secondary N) is 1. The number of alkyl halides is 4. The van der Waals surface area contributed by atoms with E-state index in [1.165, 1.54) is 12.1 Å². The minimum Gasteiger partial charge on any atom is -0.508 e. The molecule has 1 atom stereocenters. The summed E-state index contributed by atoms with van der Waals surface area (Å²) in [4.78, 5) is 2.46. The van der Waals surface area contributed by atoms with Crippen molar-refractivity contribution in [2.45, 2.75) is 48.5 Å². The molecular formula is C31H32F4N2OS. The zero-order valence-corrected chi connectivity index (χ0v) is 22.4. The van der Waals surface area contributed by atoms with Gasteiger partial charge in [-0.05, 0) is 114 Å². The predicted molar refractivity (Wildman–Crippen MR) is 151 cm³/mol. The van der Waals surface area contributed by atoms with Crippen LogP contribution in [-0.4, -0.2) is 47.9 Å². The Labute approximate surface area is 230 Å². The third kappa shape index (κ3) is 6.97. The summed E-state index contributed by atoms with van der Waals surface area (Å²) in [5.74, 6) is 0.224. The predicted octanol–water partition coefficient (Wildman–Crippen LogP) is 8.15. The van der Waals surface area contributed by atoms with Crippen molar-refractivity contribution >= 4 is 28.6 Å². The van der Waals surface area contributed by atoms with Gasteiger partial charge in [-0.1, -0.05) is 30.3 Å². The quantitative estimate of drug-likeness (QED) is 0.217. The van der Waals surface area contributed by atoms with E-state index in [0.29, 0.717) is 12.5 Å².